The highest BCUT2D eigenvalue weighted by Crippen LogP contribution is 2.20. The molecule has 1 aliphatic rings. The Kier molecular flexibility index (Phi) is 7.90. The molecule has 26 heavy (non-hydrogen) atoms. The molecule has 0 aliphatic carbocycles. The van der Waals surface area contributed by atoms with Gasteiger partial charge in [0, 0.05) is 40.3 Å². The Bertz CT molecular complexity index is 680. The van der Waals surface area contributed by atoms with Crippen LogP contribution in [-0.4, -0.2) is 57.3 Å². The third-order valence-electron chi connectivity index (χ3n) is 4.75. The van der Waals surface area contributed by atoms with Crippen molar-refractivity contribution in [1.82, 2.24) is 14.5 Å². The number of aliphatic imine (C=N–C) groups is 1. The zero-order valence-corrected chi connectivity index (χ0v) is 17.1. The Hall–Kier alpha value is -1.60. The van der Waals surface area contributed by atoms with E-state index in [0.717, 1.165) is 50.2 Å². The third kappa shape index (κ3) is 5.45. The number of rotatable bonds is 7. The van der Waals surface area contributed by atoms with Crippen LogP contribution in [0.1, 0.15) is 44.6 Å². The third-order valence-corrected chi connectivity index (χ3v) is 6.66. The van der Waals surface area contributed by atoms with E-state index in [0.29, 0.717) is 24.5 Å². The van der Waals surface area contributed by atoms with Gasteiger partial charge in [-0.2, -0.15) is 4.31 Å². The standard InChI is InChI=1S/C19H32N4O2S/c1-4-5-13-22(3)19(20-2)21-16-17-9-11-18(12-10-17)26(24,25)23-14-7-6-8-15-23/h9-12H,4-8,13-16H2,1-3H3,(H,20,21). The number of sulfonamides is 1. The van der Waals surface area contributed by atoms with Crippen molar-refractivity contribution < 1.29 is 8.42 Å². The van der Waals surface area contributed by atoms with Crippen LogP contribution in [0.5, 0.6) is 0 Å². The van der Waals surface area contributed by atoms with Gasteiger partial charge in [-0.15, -0.1) is 0 Å². The molecule has 1 saturated heterocycles. The SMILES string of the molecule is CCCCN(C)C(=NC)NCc1ccc(S(=O)(=O)N2CCCCC2)cc1. The second-order valence-electron chi connectivity index (χ2n) is 6.78. The molecule has 146 valence electrons. The first kappa shape index (κ1) is 20.7. The molecule has 0 bridgehead atoms. The minimum atomic E-state index is -3.36. The van der Waals surface area contributed by atoms with Gasteiger partial charge in [0.2, 0.25) is 10.0 Å². The molecule has 1 N–H and O–H groups in total. The molecule has 0 unspecified atom stereocenters. The molecule has 1 aromatic rings. The van der Waals surface area contributed by atoms with Crippen molar-refractivity contribution in [3.8, 4) is 0 Å². The Balaban J connectivity index is 1.96. The van der Waals surface area contributed by atoms with Gasteiger partial charge in [0.25, 0.3) is 0 Å². The van der Waals surface area contributed by atoms with Crippen LogP contribution in [0.2, 0.25) is 0 Å². The molecular formula is C19H32N4O2S. The fourth-order valence-corrected chi connectivity index (χ4v) is 4.62. The van der Waals surface area contributed by atoms with E-state index in [4.69, 9.17) is 0 Å². The highest BCUT2D eigenvalue weighted by Gasteiger charge is 2.25. The van der Waals surface area contributed by atoms with Gasteiger partial charge in [-0.25, -0.2) is 8.42 Å². The molecule has 0 radical (unpaired) electrons. The van der Waals surface area contributed by atoms with Crippen molar-refractivity contribution >= 4 is 16.0 Å². The topological polar surface area (TPSA) is 65.0 Å². The van der Waals surface area contributed by atoms with E-state index >= 15 is 0 Å². The number of nitrogens with zero attached hydrogens (tertiary/aromatic N) is 3. The summed E-state index contributed by atoms with van der Waals surface area (Å²) in [6.07, 6.45) is 5.29. The lowest BCUT2D eigenvalue weighted by molar-refractivity contribution is 0.346. The molecule has 0 amide bonds. The van der Waals surface area contributed by atoms with Crippen LogP contribution in [0.25, 0.3) is 0 Å². The number of benzene rings is 1. The monoisotopic (exact) mass is 380 g/mol. The largest absolute Gasteiger partial charge is 0.352 e. The molecular weight excluding hydrogens is 348 g/mol. The Morgan fingerprint density at radius 1 is 1.19 bits per heavy atom. The van der Waals surface area contributed by atoms with E-state index < -0.39 is 10.0 Å². The lowest BCUT2D eigenvalue weighted by atomic mass is 10.2. The van der Waals surface area contributed by atoms with Gasteiger partial charge in [0.1, 0.15) is 0 Å². The lowest BCUT2D eigenvalue weighted by Crippen LogP contribution is -2.39. The summed E-state index contributed by atoms with van der Waals surface area (Å²) >= 11 is 0. The summed E-state index contributed by atoms with van der Waals surface area (Å²) in [6, 6.07) is 7.18. The number of hydrogen-bond acceptors (Lipinski definition) is 3. The van der Waals surface area contributed by atoms with Gasteiger partial charge in [-0.1, -0.05) is 31.9 Å². The Labute approximate surface area is 158 Å². The van der Waals surface area contributed by atoms with Gasteiger partial charge in [0.15, 0.2) is 5.96 Å². The highest BCUT2D eigenvalue weighted by atomic mass is 32.2. The molecule has 0 atom stereocenters. The van der Waals surface area contributed by atoms with E-state index in [1.807, 2.05) is 19.2 Å². The maximum absolute atomic E-state index is 12.7. The predicted octanol–water partition coefficient (Wildman–Crippen LogP) is 2.67. The second-order valence-corrected chi connectivity index (χ2v) is 8.72. The summed E-state index contributed by atoms with van der Waals surface area (Å²) in [7, 11) is 0.446. The first-order chi connectivity index (χ1) is 12.5. The molecule has 1 aliphatic heterocycles. The lowest BCUT2D eigenvalue weighted by Gasteiger charge is -2.26. The van der Waals surface area contributed by atoms with Gasteiger partial charge in [0.05, 0.1) is 4.90 Å². The molecule has 7 heteroatoms. The van der Waals surface area contributed by atoms with Gasteiger partial charge < -0.3 is 10.2 Å². The van der Waals surface area contributed by atoms with Crippen molar-refractivity contribution in [3.63, 3.8) is 0 Å². The van der Waals surface area contributed by atoms with E-state index in [-0.39, 0.29) is 0 Å². The summed E-state index contributed by atoms with van der Waals surface area (Å²) in [5.41, 5.74) is 1.03. The van der Waals surface area contributed by atoms with Crippen LogP contribution in [0.3, 0.4) is 0 Å². The number of unbranched alkanes of at least 4 members (excludes halogenated alkanes) is 1. The van der Waals surface area contributed by atoms with E-state index in [1.54, 1.807) is 23.5 Å². The quantitative estimate of drug-likeness (QED) is 0.583. The van der Waals surface area contributed by atoms with Crippen molar-refractivity contribution in [1.29, 1.82) is 0 Å². The van der Waals surface area contributed by atoms with Crippen LogP contribution in [0.15, 0.2) is 34.2 Å². The van der Waals surface area contributed by atoms with E-state index in [9.17, 15) is 8.42 Å². The van der Waals surface area contributed by atoms with Gasteiger partial charge >= 0.3 is 0 Å². The fraction of sp³-hybridized carbons (Fsp3) is 0.632. The normalized spacial score (nSPS) is 16.5. The summed E-state index contributed by atoms with van der Waals surface area (Å²) in [5, 5.41) is 3.33. The zero-order chi connectivity index (χ0) is 19.0. The van der Waals surface area contributed by atoms with Crippen LogP contribution < -0.4 is 5.32 Å². The molecule has 0 saturated carbocycles. The number of piperidine rings is 1. The van der Waals surface area contributed by atoms with Crippen molar-refractivity contribution in [2.45, 2.75) is 50.5 Å². The summed E-state index contributed by atoms with van der Waals surface area (Å²) in [4.78, 5) is 6.79. The van der Waals surface area contributed by atoms with Crippen molar-refractivity contribution in [3.05, 3.63) is 29.8 Å². The summed E-state index contributed by atoms with van der Waals surface area (Å²) in [6.45, 7) is 5.01. The predicted molar refractivity (Wildman–Crippen MR) is 107 cm³/mol. The molecule has 2 rings (SSSR count). The van der Waals surface area contributed by atoms with Gasteiger partial charge in [-0.05, 0) is 37.0 Å². The summed E-state index contributed by atoms with van der Waals surface area (Å²) < 4.78 is 27.0. The minimum Gasteiger partial charge on any atom is -0.352 e. The molecule has 6 nitrogen and oxygen atoms in total. The Morgan fingerprint density at radius 3 is 2.42 bits per heavy atom. The molecule has 0 aromatic heterocycles. The van der Waals surface area contributed by atoms with E-state index in [2.05, 4.69) is 22.1 Å². The van der Waals surface area contributed by atoms with E-state index in [1.165, 1.54) is 0 Å². The maximum Gasteiger partial charge on any atom is 0.243 e. The maximum atomic E-state index is 12.7. The zero-order valence-electron chi connectivity index (χ0n) is 16.2. The smallest absolute Gasteiger partial charge is 0.243 e. The average Bonchev–Trinajstić information content (AvgIpc) is 2.68. The number of hydrogen-bond donors (Lipinski definition) is 1. The van der Waals surface area contributed by atoms with Crippen LogP contribution in [0, 0.1) is 0 Å². The highest BCUT2D eigenvalue weighted by molar-refractivity contribution is 7.89. The van der Waals surface area contributed by atoms with Crippen LogP contribution in [0.4, 0.5) is 0 Å². The average molecular weight is 381 g/mol. The summed E-state index contributed by atoms with van der Waals surface area (Å²) in [5.74, 6) is 0.850. The number of nitrogens with one attached hydrogen (secondary N) is 1. The molecule has 1 heterocycles. The fourth-order valence-electron chi connectivity index (χ4n) is 3.10. The van der Waals surface area contributed by atoms with Crippen molar-refractivity contribution in [2.75, 3.05) is 33.7 Å². The molecule has 0 spiro atoms. The van der Waals surface area contributed by atoms with Crippen molar-refractivity contribution in [2.24, 2.45) is 4.99 Å². The molecule has 1 aromatic carbocycles. The molecule has 1 fully saturated rings. The minimum absolute atomic E-state index is 0.382. The van der Waals surface area contributed by atoms with Crippen LogP contribution in [-0.2, 0) is 16.6 Å². The Morgan fingerprint density at radius 2 is 1.85 bits per heavy atom. The van der Waals surface area contributed by atoms with Gasteiger partial charge in [-0.3, -0.25) is 4.99 Å². The van der Waals surface area contributed by atoms with Crippen LogP contribution >= 0.6 is 0 Å². The number of guanidine groups is 1. The second kappa shape index (κ2) is 9.92. The first-order valence-electron chi connectivity index (χ1n) is 9.50. The first-order valence-corrected chi connectivity index (χ1v) is 10.9.